The van der Waals surface area contributed by atoms with Gasteiger partial charge in [-0.2, -0.15) is 0 Å². The summed E-state index contributed by atoms with van der Waals surface area (Å²) in [5, 5.41) is 23.3. The summed E-state index contributed by atoms with van der Waals surface area (Å²) in [7, 11) is 0. The van der Waals surface area contributed by atoms with Gasteiger partial charge in [-0.3, -0.25) is 9.59 Å². The average molecular weight is 450 g/mol. The lowest BCUT2D eigenvalue weighted by molar-refractivity contribution is -0.137. The summed E-state index contributed by atoms with van der Waals surface area (Å²) in [6.45, 7) is -0.323. The second-order valence-corrected chi connectivity index (χ2v) is 7.75. The molecule has 0 saturated heterocycles. The summed E-state index contributed by atoms with van der Waals surface area (Å²) in [6.07, 6.45) is 4.01. The molecular formula is C25H26N2O6. The summed E-state index contributed by atoms with van der Waals surface area (Å²) in [5.41, 5.74) is 4.27. The molecule has 2 aromatic rings. The molecule has 4 N–H and O–H groups in total. The van der Waals surface area contributed by atoms with Gasteiger partial charge in [-0.25, -0.2) is 4.79 Å². The molecule has 0 aromatic heterocycles. The second-order valence-electron chi connectivity index (χ2n) is 7.75. The number of amides is 2. The van der Waals surface area contributed by atoms with Crippen LogP contribution in [0.4, 0.5) is 4.79 Å². The van der Waals surface area contributed by atoms with Crippen LogP contribution in [0.15, 0.2) is 48.5 Å². The first-order valence-electron chi connectivity index (χ1n) is 10.6. The molecular weight excluding hydrogens is 424 g/mol. The van der Waals surface area contributed by atoms with Gasteiger partial charge < -0.3 is 25.6 Å². The Bertz CT molecular complexity index is 1020. The Morgan fingerprint density at radius 2 is 1.64 bits per heavy atom. The molecule has 8 nitrogen and oxygen atoms in total. The SMILES string of the molecule is C#CCC(CO)NC(=O)C(CCC(=O)O)NC(=O)OCC1c2ccccc2-c2ccccc21. The fraction of sp³-hybridized carbons (Fsp3) is 0.320. The summed E-state index contributed by atoms with van der Waals surface area (Å²) >= 11 is 0. The first-order valence-corrected chi connectivity index (χ1v) is 10.6. The number of aliphatic carboxylic acids is 1. The van der Waals surface area contributed by atoms with Crippen LogP contribution in [0.3, 0.4) is 0 Å². The molecule has 33 heavy (non-hydrogen) atoms. The van der Waals surface area contributed by atoms with Crippen molar-refractivity contribution in [3.05, 3.63) is 59.7 Å². The van der Waals surface area contributed by atoms with Crippen molar-refractivity contribution in [1.82, 2.24) is 10.6 Å². The zero-order valence-electron chi connectivity index (χ0n) is 18.0. The highest BCUT2D eigenvalue weighted by Gasteiger charge is 2.30. The maximum atomic E-state index is 12.6. The number of carboxylic acids is 1. The number of benzene rings is 2. The highest BCUT2D eigenvalue weighted by atomic mass is 16.5. The number of hydrogen-bond acceptors (Lipinski definition) is 5. The van der Waals surface area contributed by atoms with Gasteiger partial charge >= 0.3 is 12.1 Å². The summed E-state index contributed by atoms with van der Waals surface area (Å²) in [6, 6.07) is 13.9. The topological polar surface area (TPSA) is 125 Å². The van der Waals surface area contributed by atoms with Crippen LogP contribution >= 0.6 is 0 Å². The summed E-state index contributed by atoms with van der Waals surface area (Å²) in [5.74, 6) is 0.445. The minimum atomic E-state index is -1.15. The Hall–Kier alpha value is -3.83. The molecule has 0 aliphatic heterocycles. The number of carbonyl (C=O) groups is 3. The number of nitrogens with one attached hydrogen (secondary N) is 2. The van der Waals surface area contributed by atoms with Gasteiger partial charge in [0.2, 0.25) is 5.91 Å². The van der Waals surface area contributed by atoms with E-state index < -0.39 is 30.1 Å². The molecule has 2 aromatic carbocycles. The Morgan fingerprint density at radius 3 is 2.18 bits per heavy atom. The van der Waals surface area contributed by atoms with E-state index in [0.717, 1.165) is 22.3 Å². The smallest absolute Gasteiger partial charge is 0.407 e. The molecule has 0 fully saturated rings. The highest BCUT2D eigenvalue weighted by molar-refractivity contribution is 5.86. The van der Waals surface area contributed by atoms with Crippen LogP contribution in [0.5, 0.6) is 0 Å². The summed E-state index contributed by atoms with van der Waals surface area (Å²) in [4.78, 5) is 36.1. The van der Waals surface area contributed by atoms with Crippen LogP contribution in [0.25, 0.3) is 11.1 Å². The van der Waals surface area contributed by atoms with Crippen molar-refractivity contribution in [3.8, 4) is 23.5 Å². The van der Waals surface area contributed by atoms with Gasteiger partial charge in [0, 0.05) is 18.8 Å². The summed E-state index contributed by atoms with van der Waals surface area (Å²) < 4.78 is 5.45. The van der Waals surface area contributed by atoms with Crippen molar-refractivity contribution in [1.29, 1.82) is 0 Å². The molecule has 2 atom stereocenters. The highest BCUT2D eigenvalue weighted by Crippen LogP contribution is 2.44. The van der Waals surface area contributed by atoms with E-state index in [9.17, 15) is 19.5 Å². The molecule has 0 bridgehead atoms. The van der Waals surface area contributed by atoms with E-state index in [0.29, 0.717) is 0 Å². The molecule has 8 heteroatoms. The van der Waals surface area contributed by atoms with Crippen LogP contribution in [-0.2, 0) is 14.3 Å². The molecule has 0 radical (unpaired) electrons. The van der Waals surface area contributed by atoms with Crippen molar-refractivity contribution in [2.75, 3.05) is 13.2 Å². The van der Waals surface area contributed by atoms with Crippen molar-refractivity contribution >= 4 is 18.0 Å². The van der Waals surface area contributed by atoms with Crippen LogP contribution < -0.4 is 10.6 Å². The fourth-order valence-electron chi connectivity index (χ4n) is 3.92. The minimum Gasteiger partial charge on any atom is -0.481 e. The number of fused-ring (bicyclic) bond motifs is 3. The van der Waals surface area contributed by atoms with E-state index in [2.05, 4.69) is 16.6 Å². The molecule has 3 rings (SSSR count). The van der Waals surface area contributed by atoms with E-state index in [1.807, 2.05) is 48.5 Å². The maximum absolute atomic E-state index is 12.6. The number of alkyl carbamates (subject to hydrolysis) is 1. The molecule has 172 valence electrons. The fourth-order valence-corrected chi connectivity index (χ4v) is 3.92. The first-order chi connectivity index (χ1) is 15.9. The number of carboxylic acid groups (broad SMARTS) is 1. The number of aliphatic hydroxyl groups excluding tert-OH is 1. The molecule has 0 heterocycles. The Balaban J connectivity index is 1.66. The van der Waals surface area contributed by atoms with E-state index in [4.69, 9.17) is 16.3 Å². The van der Waals surface area contributed by atoms with Crippen molar-refractivity contribution in [3.63, 3.8) is 0 Å². The third kappa shape index (κ3) is 5.90. The lowest BCUT2D eigenvalue weighted by atomic mass is 9.98. The predicted octanol–water partition coefficient (Wildman–Crippen LogP) is 2.26. The molecule has 1 aliphatic carbocycles. The van der Waals surface area contributed by atoms with E-state index in [-0.39, 0.29) is 38.4 Å². The van der Waals surface area contributed by atoms with Crippen LogP contribution in [0.2, 0.25) is 0 Å². The van der Waals surface area contributed by atoms with E-state index in [1.165, 1.54) is 0 Å². The normalized spacial score (nSPS) is 13.7. The van der Waals surface area contributed by atoms with Gasteiger partial charge in [-0.1, -0.05) is 48.5 Å². The number of ether oxygens (including phenoxy) is 1. The number of carbonyl (C=O) groups excluding carboxylic acids is 2. The quantitative estimate of drug-likeness (QED) is 0.412. The average Bonchev–Trinajstić information content (AvgIpc) is 3.13. The van der Waals surface area contributed by atoms with Gasteiger partial charge in [0.25, 0.3) is 0 Å². The Kier molecular flexibility index (Phi) is 8.06. The molecule has 0 spiro atoms. The molecule has 0 saturated carbocycles. The van der Waals surface area contributed by atoms with Crippen LogP contribution in [0.1, 0.15) is 36.3 Å². The number of aliphatic hydroxyl groups is 1. The van der Waals surface area contributed by atoms with Gasteiger partial charge in [0.15, 0.2) is 0 Å². The van der Waals surface area contributed by atoms with Gasteiger partial charge in [0.05, 0.1) is 12.6 Å². The van der Waals surface area contributed by atoms with Crippen LogP contribution in [-0.4, -0.2) is 53.5 Å². The number of rotatable bonds is 10. The zero-order chi connectivity index (χ0) is 23.8. The number of hydrogen-bond donors (Lipinski definition) is 4. The predicted molar refractivity (Wildman–Crippen MR) is 121 cm³/mol. The zero-order valence-corrected chi connectivity index (χ0v) is 18.0. The largest absolute Gasteiger partial charge is 0.481 e. The minimum absolute atomic E-state index is 0.0590. The van der Waals surface area contributed by atoms with E-state index >= 15 is 0 Å². The van der Waals surface area contributed by atoms with Crippen molar-refractivity contribution in [2.24, 2.45) is 0 Å². The van der Waals surface area contributed by atoms with Gasteiger partial charge in [0.1, 0.15) is 12.6 Å². The maximum Gasteiger partial charge on any atom is 0.407 e. The Labute approximate surface area is 192 Å². The third-order valence-electron chi connectivity index (χ3n) is 5.53. The molecule has 1 aliphatic rings. The van der Waals surface area contributed by atoms with Crippen LogP contribution in [0, 0.1) is 12.3 Å². The number of terminal acetylenes is 1. The Morgan fingerprint density at radius 1 is 1.03 bits per heavy atom. The van der Waals surface area contributed by atoms with E-state index in [1.54, 1.807) is 0 Å². The van der Waals surface area contributed by atoms with Crippen molar-refractivity contribution in [2.45, 2.75) is 37.3 Å². The lowest BCUT2D eigenvalue weighted by Gasteiger charge is -2.21. The second kappa shape index (κ2) is 11.2. The van der Waals surface area contributed by atoms with Crippen molar-refractivity contribution < 1.29 is 29.3 Å². The first kappa shape index (κ1) is 23.8. The van der Waals surface area contributed by atoms with Gasteiger partial charge in [-0.15, -0.1) is 12.3 Å². The monoisotopic (exact) mass is 450 g/mol. The third-order valence-corrected chi connectivity index (χ3v) is 5.53. The lowest BCUT2D eigenvalue weighted by Crippen LogP contribution is -2.50. The standard InChI is InChI=1S/C25H26N2O6/c1-2-7-16(14-28)26-24(31)22(12-13-23(29)30)27-25(32)33-15-21-19-10-5-3-8-17(19)18-9-4-6-11-20(18)21/h1,3-6,8-11,16,21-22,28H,7,12-15H2,(H,26,31)(H,27,32)(H,29,30). The molecule has 2 unspecified atom stereocenters. The molecule has 2 amide bonds. The van der Waals surface area contributed by atoms with Gasteiger partial charge in [-0.05, 0) is 28.7 Å².